The van der Waals surface area contributed by atoms with E-state index in [-0.39, 0.29) is 17.8 Å². The number of amides is 2. The predicted molar refractivity (Wildman–Crippen MR) is 55.2 cm³/mol. The number of carbonyl (C=O) groups is 1. The quantitative estimate of drug-likeness (QED) is 0.656. The van der Waals surface area contributed by atoms with E-state index in [2.05, 4.69) is 10.6 Å². The standard InChI is InChI=1S/C10H12N2O3/c1-5-8-6(12-10(14)11-5)3-4-7(15-2)9(8)13/h3-5,13H,1-2H3,(H2,11,12,14). The molecule has 0 aromatic heterocycles. The van der Waals surface area contributed by atoms with Gasteiger partial charge in [-0.1, -0.05) is 0 Å². The van der Waals surface area contributed by atoms with Gasteiger partial charge < -0.3 is 20.5 Å². The Bertz CT molecular complexity index is 417. The largest absolute Gasteiger partial charge is 0.504 e. The van der Waals surface area contributed by atoms with E-state index in [1.54, 1.807) is 19.1 Å². The lowest BCUT2D eigenvalue weighted by molar-refractivity contribution is 0.247. The molecule has 0 aliphatic carbocycles. The number of urea groups is 1. The third-order valence-electron chi connectivity index (χ3n) is 2.43. The third-order valence-corrected chi connectivity index (χ3v) is 2.43. The van der Waals surface area contributed by atoms with Gasteiger partial charge in [0.25, 0.3) is 0 Å². The Labute approximate surface area is 87.1 Å². The van der Waals surface area contributed by atoms with Crippen molar-refractivity contribution in [3.63, 3.8) is 0 Å². The van der Waals surface area contributed by atoms with Gasteiger partial charge in [-0.25, -0.2) is 4.79 Å². The summed E-state index contributed by atoms with van der Waals surface area (Å²) in [5.41, 5.74) is 1.26. The van der Waals surface area contributed by atoms with E-state index in [4.69, 9.17) is 4.74 Å². The van der Waals surface area contributed by atoms with Crippen LogP contribution < -0.4 is 15.4 Å². The second-order valence-corrected chi connectivity index (χ2v) is 3.40. The molecule has 80 valence electrons. The highest BCUT2D eigenvalue weighted by Crippen LogP contribution is 2.40. The first-order chi connectivity index (χ1) is 7.13. The van der Waals surface area contributed by atoms with E-state index in [9.17, 15) is 9.90 Å². The fourth-order valence-electron chi connectivity index (χ4n) is 1.73. The number of benzene rings is 1. The highest BCUT2D eigenvalue weighted by Gasteiger charge is 2.25. The molecule has 0 saturated heterocycles. The number of ether oxygens (including phenoxy) is 1. The minimum absolute atomic E-state index is 0.0648. The molecule has 0 saturated carbocycles. The molecule has 1 atom stereocenters. The first-order valence-electron chi connectivity index (χ1n) is 4.61. The second-order valence-electron chi connectivity index (χ2n) is 3.40. The summed E-state index contributed by atoms with van der Waals surface area (Å²) in [5.74, 6) is 0.466. The number of hydrogen-bond acceptors (Lipinski definition) is 3. The molecular formula is C10H12N2O3. The van der Waals surface area contributed by atoms with Gasteiger partial charge in [0.05, 0.1) is 18.8 Å². The second kappa shape index (κ2) is 3.34. The summed E-state index contributed by atoms with van der Waals surface area (Å²) in [6.07, 6.45) is 0. The zero-order valence-corrected chi connectivity index (χ0v) is 8.50. The van der Waals surface area contributed by atoms with Gasteiger partial charge in [-0.05, 0) is 19.1 Å². The van der Waals surface area contributed by atoms with E-state index in [0.29, 0.717) is 17.0 Å². The molecule has 0 spiro atoms. The maximum absolute atomic E-state index is 11.2. The van der Waals surface area contributed by atoms with Gasteiger partial charge in [0.1, 0.15) is 0 Å². The van der Waals surface area contributed by atoms with Crippen molar-refractivity contribution in [1.29, 1.82) is 0 Å². The lowest BCUT2D eigenvalue weighted by Crippen LogP contribution is -2.36. The average molecular weight is 208 g/mol. The Morgan fingerprint density at radius 2 is 2.20 bits per heavy atom. The first-order valence-corrected chi connectivity index (χ1v) is 4.61. The number of anilines is 1. The van der Waals surface area contributed by atoms with Gasteiger partial charge in [0, 0.05) is 5.56 Å². The number of methoxy groups -OCH3 is 1. The van der Waals surface area contributed by atoms with Crippen LogP contribution in [0.2, 0.25) is 0 Å². The fraction of sp³-hybridized carbons (Fsp3) is 0.300. The monoisotopic (exact) mass is 208 g/mol. The van der Waals surface area contributed by atoms with Crippen LogP contribution in [0.5, 0.6) is 11.5 Å². The van der Waals surface area contributed by atoms with Crippen LogP contribution in [0.1, 0.15) is 18.5 Å². The van der Waals surface area contributed by atoms with Crippen LogP contribution in [0.25, 0.3) is 0 Å². The van der Waals surface area contributed by atoms with Gasteiger partial charge in [-0.2, -0.15) is 0 Å². The van der Waals surface area contributed by atoms with Crippen molar-refractivity contribution in [3.05, 3.63) is 17.7 Å². The summed E-state index contributed by atoms with van der Waals surface area (Å²) in [6.45, 7) is 1.80. The third kappa shape index (κ3) is 1.45. The summed E-state index contributed by atoms with van der Waals surface area (Å²) >= 11 is 0. The number of carbonyl (C=O) groups excluding carboxylic acids is 1. The summed E-state index contributed by atoms with van der Waals surface area (Å²) in [4.78, 5) is 11.2. The molecule has 2 rings (SSSR count). The number of phenolic OH excluding ortho intramolecular Hbond substituents is 1. The van der Waals surface area contributed by atoms with Crippen molar-refractivity contribution < 1.29 is 14.6 Å². The van der Waals surface area contributed by atoms with E-state index >= 15 is 0 Å². The lowest BCUT2D eigenvalue weighted by Gasteiger charge is -2.25. The van der Waals surface area contributed by atoms with Gasteiger partial charge in [-0.3, -0.25) is 0 Å². The molecule has 5 heteroatoms. The summed E-state index contributed by atoms with van der Waals surface area (Å²) in [6, 6.07) is 2.83. The molecule has 1 aliphatic heterocycles. The Balaban J connectivity index is 2.56. The molecule has 3 N–H and O–H groups in total. The number of aromatic hydroxyl groups is 1. The van der Waals surface area contributed by atoms with E-state index in [1.165, 1.54) is 7.11 Å². The Morgan fingerprint density at radius 3 is 2.87 bits per heavy atom. The minimum atomic E-state index is -0.264. The van der Waals surface area contributed by atoms with Crippen molar-refractivity contribution in [1.82, 2.24) is 5.32 Å². The molecule has 1 aromatic rings. The van der Waals surface area contributed by atoms with Crippen molar-refractivity contribution in [2.24, 2.45) is 0 Å². The molecule has 1 heterocycles. The van der Waals surface area contributed by atoms with Crippen molar-refractivity contribution in [2.45, 2.75) is 13.0 Å². The molecule has 0 bridgehead atoms. The summed E-state index contributed by atoms with van der Waals surface area (Å²) in [7, 11) is 1.49. The van der Waals surface area contributed by atoms with Crippen LogP contribution in [-0.2, 0) is 0 Å². The summed E-state index contributed by atoms with van der Waals surface area (Å²) in [5, 5.41) is 15.2. The van der Waals surface area contributed by atoms with Crippen LogP contribution in [-0.4, -0.2) is 18.2 Å². The predicted octanol–water partition coefficient (Wildman–Crippen LogP) is 1.60. The van der Waals surface area contributed by atoms with Crippen LogP contribution >= 0.6 is 0 Å². The van der Waals surface area contributed by atoms with Crippen molar-refractivity contribution in [2.75, 3.05) is 12.4 Å². The van der Waals surface area contributed by atoms with E-state index in [0.717, 1.165) is 0 Å². The molecule has 15 heavy (non-hydrogen) atoms. The first kappa shape index (κ1) is 9.64. The van der Waals surface area contributed by atoms with Crippen LogP contribution in [0.4, 0.5) is 10.5 Å². The molecule has 5 nitrogen and oxygen atoms in total. The number of phenols is 1. The average Bonchev–Trinajstić information content (AvgIpc) is 2.17. The van der Waals surface area contributed by atoms with Crippen LogP contribution in [0.15, 0.2) is 12.1 Å². The topological polar surface area (TPSA) is 70.6 Å². The smallest absolute Gasteiger partial charge is 0.319 e. The zero-order chi connectivity index (χ0) is 11.0. The van der Waals surface area contributed by atoms with Gasteiger partial charge >= 0.3 is 6.03 Å². The number of hydrogen-bond donors (Lipinski definition) is 3. The van der Waals surface area contributed by atoms with Crippen molar-refractivity contribution in [3.8, 4) is 11.5 Å². The van der Waals surface area contributed by atoms with Gasteiger partial charge in [0.15, 0.2) is 11.5 Å². The maximum atomic E-state index is 11.2. The SMILES string of the molecule is COc1ccc2c(c1O)C(C)NC(=O)N2. The van der Waals surface area contributed by atoms with E-state index < -0.39 is 0 Å². The molecule has 1 aliphatic rings. The Kier molecular flexibility index (Phi) is 2.15. The van der Waals surface area contributed by atoms with E-state index in [1.807, 2.05) is 0 Å². The van der Waals surface area contributed by atoms with Gasteiger partial charge in [-0.15, -0.1) is 0 Å². The Morgan fingerprint density at radius 1 is 1.47 bits per heavy atom. The summed E-state index contributed by atoms with van der Waals surface area (Å²) < 4.78 is 5.00. The molecular weight excluding hydrogens is 196 g/mol. The highest BCUT2D eigenvalue weighted by molar-refractivity contribution is 5.94. The molecule has 0 radical (unpaired) electrons. The zero-order valence-electron chi connectivity index (χ0n) is 8.50. The highest BCUT2D eigenvalue weighted by atomic mass is 16.5. The molecule has 0 fully saturated rings. The normalized spacial score (nSPS) is 18.8. The molecule has 1 unspecified atom stereocenters. The lowest BCUT2D eigenvalue weighted by atomic mass is 10.0. The van der Waals surface area contributed by atoms with Gasteiger partial charge in [0.2, 0.25) is 0 Å². The fourth-order valence-corrected chi connectivity index (χ4v) is 1.73. The number of fused-ring (bicyclic) bond motifs is 1. The maximum Gasteiger partial charge on any atom is 0.319 e. The molecule has 2 amide bonds. The minimum Gasteiger partial charge on any atom is -0.504 e. The van der Waals surface area contributed by atoms with Crippen LogP contribution in [0, 0.1) is 0 Å². The number of nitrogens with one attached hydrogen (secondary N) is 2. The molecule has 1 aromatic carbocycles. The van der Waals surface area contributed by atoms with Crippen LogP contribution in [0.3, 0.4) is 0 Å². The number of rotatable bonds is 1. The van der Waals surface area contributed by atoms with Crippen molar-refractivity contribution >= 4 is 11.7 Å². The Hall–Kier alpha value is -1.91.